The molecule has 0 fully saturated rings. The lowest BCUT2D eigenvalue weighted by atomic mass is 10.1. The topological polar surface area (TPSA) is 26.0 Å². The van der Waals surface area contributed by atoms with Crippen LogP contribution in [0.5, 0.6) is 0 Å². The van der Waals surface area contributed by atoms with Crippen LogP contribution >= 0.6 is 39.3 Å². The Morgan fingerprint density at radius 3 is 2.40 bits per heavy atom. The van der Waals surface area contributed by atoms with E-state index in [0.717, 1.165) is 32.8 Å². The summed E-state index contributed by atoms with van der Waals surface area (Å²) < 4.78 is 1.09. The molecule has 0 radical (unpaired) electrons. The molecule has 0 spiro atoms. The Bertz CT molecular complexity index is 571. The summed E-state index contributed by atoms with van der Waals surface area (Å²) in [7, 11) is 0. The van der Waals surface area contributed by atoms with E-state index in [1.807, 2.05) is 18.2 Å². The zero-order valence-electron chi connectivity index (χ0n) is 11.3. The van der Waals surface area contributed by atoms with E-state index in [1.165, 1.54) is 4.90 Å². The van der Waals surface area contributed by atoms with Gasteiger partial charge in [0, 0.05) is 25.3 Å². The van der Waals surface area contributed by atoms with E-state index in [1.54, 1.807) is 11.8 Å². The molecule has 0 saturated heterocycles. The highest BCUT2D eigenvalue weighted by Crippen LogP contribution is 2.31. The first kappa shape index (κ1) is 15.9. The van der Waals surface area contributed by atoms with Gasteiger partial charge in [0.25, 0.3) is 0 Å². The third kappa shape index (κ3) is 4.52. The van der Waals surface area contributed by atoms with Gasteiger partial charge in [0.1, 0.15) is 0 Å². The molecule has 106 valence electrons. The first-order valence-electron chi connectivity index (χ1n) is 6.56. The summed E-state index contributed by atoms with van der Waals surface area (Å²) in [5, 5.41) is 0.802. The zero-order chi connectivity index (χ0) is 14.5. The normalized spacial score (nSPS) is 12.4. The molecule has 0 aromatic heterocycles. The molecule has 0 amide bonds. The second kappa shape index (κ2) is 7.51. The van der Waals surface area contributed by atoms with Gasteiger partial charge in [-0.25, -0.2) is 0 Å². The minimum absolute atomic E-state index is 0.178. The number of nitrogens with two attached hydrogens (primary N) is 1. The number of hydrogen-bond donors (Lipinski definition) is 1. The van der Waals surface area contributed by atoms with E-state index in [4.69, 9.17) is 17.3 Å². The lowest BCUT2D eigenvalue weighted by Crippen LogP contribution is -2.21. The van der Waals surface area contributed by atoms with Gasteiger partial charge >= 0.3 is 0 Å². The van der Waals surface area contributed by atoms with Crippen molar-refractivity contribution in [1.82, 2.24) is 0 Å². The minimum atomic E-state index is 0.178. The molecular weight excluding hydrogens is 354 g/mol. The van der Waals surface area contributed by atoms with E-state index in [0.29, 0.717) is 0 Å². The highest BCUT2D eigenvalue weighted by molar-refractivity contribution is 9.10. The smallest absolute Gasteiger partial charge is 0.0449 e. The van der Waals surface area contributed by atoms with E-state index in [-0.39, 0.29) is 6.04 Å². The fourth-order valence-corrected chi connectivity index (χ4v) is 3.27. The van der Waals surface area contributed by atoms with Gasteiger partial charge in [0.05, 0.1) is 0 Å². The van der Waals surface area contributed by atoms with Gasteiger partial charge in [-0.3, -0.25) is 0 Å². The average molecular weight is 371 g/mol. The van der Waals surface area contributed by atoms with Crippen molar-refractivity contribution in [3.63, 3.8) is 0 Å². The van der Waals surface area contributed by atoms with Gasteiger partial charge in [-0.2, -0.15) is 0 Å². The highest BCUT2D eigenvalue weighted by atomic mass is 79.9. The summed E-state index contributed by atoms with van der Waals surface area (Å²) in [6.45, 7) is 2.09. The van der Waals surface area contributed by atoms with E-state index in [2.05, 4.69) is 47.1 Å². The molecule has 2 aromatic rings. The van der Waals surface area contributed by atoms with Crippen LogP contribution in [0.1, 0.15) is 18.9 Å². The summed E-state index contributed by atoms with van der Waals surface area (Å²) in [6, 6.07) is 14.6. The Balaban J connectivity index is 2.10. The lowest BCUT2D eigenvalue weighted by molar-refractivity contribution is 0.646. The summed E-state index contributed by atoms with van der Waals surface area (Å²) in [4.78, 5) is 2.34. The van der Waals surface area contributed by atoms with Crippen LogP contribution in [-0.2, 0) is 6.42 Å². The van der Waals surface area contributed by atoms with Crippen molar-refractivity contribution in [2.24, 2.45) is 5.73 Å². The van der Waals surface area contributed by atoms with Crippen LogP contribution in [0.3, 0.4) is 0 Å². The number of hydrogen-bond acceptors (Lipinski definition) is 2. The van der Waals surface area contributed by atoms with Crippen LogP contribution in [0.25, 0.3) is 0 Å². The average Bonchev–Trinajstić information content (AvgIpc) is 2.44. The molecule has 2 aromatic carbocycles. The predicted molar refractivity (Wildman–Crippen MR) is 91.7 cm³/mol. The molecule has 1 nitrogen and oxygen atoms in total. The molecule has 0 saturated carbocycles. The van der Waals surface area contributed by atoms with Gasteiger partial charge in [0.15, 0.2) is 0 Å². The molecule has 0 aliphatic rings. The summed E-state index contributed by atoms with van der Waals surface area (Å²) >= 11 is 11.5. The van der Waals surface area contributed by atoms with Crippen LogP contribution in [-0.4, -0.2) is 6.04 Å². The third-order valence-corrected chi connectivity index (χ3v) is 4.96. The van der Waals surface area contributed by atoms with Crippen LogP contribution in [0.4, 0.5) is 0 Å². The summed E-state index contributed by atoms with van der Waals surface area (Å²) in [6.07, 6.45) is 1.80. The van der Waals surface area contributed by atoms with Crippen molar-refractivity contribution >= 4 is 39.3 Å². The maximum Gasteiger partial charge on any atom is 0.0449 e. The molecular formula is C16H17BrClNS. The SMILES string of the molecule is CCC(N)Cc1ccc(Sc2ccc(Br)cc2)cc1Cl. The number of rotatable bonds is 5. The second-order valence-electron chi connectivity index (χ2n) is 4.68. The maximum atomic E-state index is 6.35. The van der Waals surface area contributed by atoms with Crippen molar-refractivity contribution in [3.8, 4) is 0 Å². The molecule has 0 bridgehead atoms. The fourth-order valence-electron chi connectivity index (χ4n) is 1.82. The number of halogens is 2. The largest absolute Gasteiger partial charge is 0.327 e. The van der Waals surface area contributed by atoms with Crippen LogP contribution in [0.2, 0.25) is 5.02 Å². The summed E-state index contributed by atoms with van der Waals surface area (Å²) in [5.41, 5.74) is 7.11. The molecule has 1 atom stereocenters. The van der Waals surface area contributed by atoms with Gasteiger partial charge in [-0.1, -0.05) is 52.3 Å². The van der Waals surface area contributed by atoms with Crippen molar-refractivity contribution in [3.05, 3.63) is 57.5 Å². The monoisotopic (exact) mass is 369 g/mol. The second-order valence-corrected chi connectivity index (χ2v) is 7.15. The van der Waals surface area contributed by atoms with Crippen LogP contribution in [0, 0.1) is 0 Å². The van der Waals surface area contributed by atoms with Gasteiger partial charge < -0.3 is 5.73 Å². The van der Waals surface area contributed by atoms with Crippen molar-refractivity contribution in [2.45, 2.75) is 35.6 Å². The van der Waals surface area contributed by atoms with Crippen molar-refractivity contribution in [2.75, 3.05) is 0 Å². The van der Waals surface area contributed by atoms with E-state index >= 15 is 0 Å². The molecule has 4 heteroatoms. The van der Waals surface area contributed by atoms with Gasteiger partial charge in [0.2, 0.25) is 0 Å². The molecule has 0 aliphatic carbocycles. The van der Waals surface area contributed by atoms with Crippen LogP contribution < -0.4 is 5.73 Å². The van der Waals surface area contributed by atoms with E-state index in [9.17, 15) is 0 Å². The Morgan fingerprint density at radius 1 is 1.15 bits per heavy atom. The molecule has 2 N–H and O–H groups in total. The Morgan fingerprint density at radius 2 is 1.80 bits per heavy atom. The molecule has 20 heavy (non-hydrogen) atoms. The zero-order valence-corrected chi connectivity index (χ0v) is 14.4. The first-order valence-corrected chi connectivity index (χ1v) is 8.54. The molecule has 0 aliphatic heterocycles. The van der Waals surface area contributed by atoms with Gasteiger partial charge in [-0.05, 0) is 54.8 Å². The minimum Gasteiger partial charge on any atom is -0.327 e. The Labute approximate surface area is 138 Å². The maximum absolute atomic E-state index is 6.35. The van der Waals surface area contributed by atoms with Gasteiger partial charge in [-0.15, -0.1) is 0 Å². The molecule has 0 heterocycles. The molecule has 1 unspecified atom stereocenters. The van der Waals surface area contributed by atoms with Crippen molar-refractivity contribution in [1.29, 1.82) is 0 Å². The summed E-state index contributed by atoms with van der Waals surface area (Å²) in [5.74, 6) is 0. The quantitative estimate of drug-likeness (QED) is 0.748. The van der Waals surface area contributed by atoms with Crippen LogP contribution in [0.15, 0.2) is 56.7 Å². The first-order chi connectivity index (χ1) is 9.58. The third-order valence-electron chi connectivity index (χ3n) is 3.08. The lowest BCUT2D eigenvalue weighted by Gasteiger charge is -2.11. The fraction of sp³-hybridized carbons (Fsp3) is 0.250. The Hall–Kier alpha value is -0.480. The highest BCUT2D eigenvalue weighted by Gasteiger charge is 2.07. The van der Waals surface area contributed by atoms with Crippen molar-refractivity contribution < 1.29 is 0 Å². The Kier molecular flexibility index (Phi) is 5.97. The number of benzene rings is 2. The van der Waals surface area contributed by atoms with E-state index < -0.39 is 0 Å². The standard InChI is InChI=1S/C16H17BrClNS/c1-2-13(19)9-11-3-6-15(10-16(11)18)20-14-7-4-12(17)5-8-14/h3-8,10,13H,2,9,19H2,1H3. The molecule has 2 rings (SSSR count). The predicted octanol–water partition coefficient (Wildman–Crippen LogP) is 5.53.